The van der Waals surface area contributed by atoms with Crippen LogP contribution in [0.3, 0.4) is 0 Å². The SMILES string of the molecule is Cc1c(Nc2c(C#N)cncc2C=Cc2cccc(CN3CCN(CCO)CC3)n2)ccc2[nH]ccc12. The van der Waals surface area contributed by atoms with Gasteiger partial charge in [-0.1, -0.05) is 6.07 Å². The molecule has 0 saturated carbocycles. The maximum absolute atomic E-state index is 9.76. The first-order valence-electron chi connectivity index (χ1n) is 12.6. The van der Waals surface area contributed by atoms with Crippen molar-refractivity contribution in [3.05, 3.63) is 83.1 Å². The van der Waals surface area contributed by atoms with Crippen LogP contribution in [0.4, 0.5) is 11.4 Å². The van der Waals surface area contributed by atoms with Gasteiger partial charge in [-0.2, -0.15) is 5.26 Å². The molecule has 8 heteroatoms. The van der Waals surface area contributed by atoms with E-state index < -0.39 is 0 Å². The summed E-state index contributed by atoms with van der Waals surface area (Å²) in [6, 6.07) is 14.5. The predicted molar refractivity (Wildman–Crippen MR) is 147 cm³/mol. The van der Waals surface area contributed by atoms with E-state index in [1.807, 2.05) is 42.6 Å². The highest BCUT2D eigenvalue weighted by Gasteiger charge is 2.17. The summed E-state index contributed by atoms with van der Waals surface area (Å²) in [6.07, 6.45) is 9.21. The van der Waals surface area contributed by atoms with Gasteiger partial charge in [0, 0.05) is 80.0 Å². The molecule has 3 N–H and O–H groups in total. The molecular weight excluding hydrogens is 462 g/mol. The number of anilines is 2. The maximum Gasteiger partial charge on any atom is 0.103 e. The number of aromatic amines is 1. The summed E-state index contributed by atoms with van der Waals surface area (Å²) < 4.78 is 0. The van der Waals surface area contributed by atoms with E-state index >= 15 is 0 Å². The summed E-state index contributed by atoms with van der Waals surface area (Å²) in [7, 11) is 0. The molecule has 3 aromatic heterocycles. The molecule has 1 saturated heterocycles. The number of H-pyrrole nitrogens is 1. The van der Waals surface area contributed by atoms with Crippen molar-refractivity contribution < 1.29 is 5.11 Å². The van der Waals surface area contributed by atoms with Crippen LogP contribution in [0.1, 0.15) is 28.1 Å². The number of nitriles is 1. The minimum atomic E-state index is 0.210. The fourth-order valence-corrected chi connectivity index (χ4v) is 4.78. The van der Waals surface area contributed by atoms with E-state index in [4.69, 9.17) is 10.1 Å². The first kappa shape index (κ1) is 24.7. The number of hydrogen-bond donors (Lipinski definition) is 3. The molecule has 37 heavy (non-hydrogen) atoms. The lowest BCUT2D eigenvalue weighted by atomic mass is 10.1. The van der Waals surface area contributed by atoms with Crippen LogP contribution in [0.2, 0.25) is 0 Å². The quantitative estimate of drug-likeness (QED) is 0.339. The zero-order valence-corrected chi connectivity index (χ0v) is 21.0. The van der Waals surface area contributed by atoms with E-state index in [1.165, 1.54) is 0 Å². The third-order valence-electron chi connectivity index (χ3n) is 6.89. The van der Waals surface area contributed by atoms with Crippen molar-refractivity contribution in [1.29, 1.82) is 5.26 Å². The summed E-state index contributed by atoms with van der Waals surface area (Å²) in [4.78, 5) is 17.1. The van der Waals surface area contributed by atoms with E-state index in [0.717, 1.165) is 84.1 Å². The van der Waals surface area contributed by atoms with Crippen LogP contribution >= 0.6 is 0 Å². The molecule has 1 aromatic carbocycles. The number of hydrogen-bond acceptors (Lipinski definition) is 7. The first-order valence-corrected chi connectivity index (χ1v) is 12.6. The van der Waals surface area contributed by atoms with Gasteiger partial charge in [-0.25, -0.2) is 0 Å². The Hall–Kier alpha value is -4.03. The Kier molecular flexibility index (Phi) is 7.57. The van der Waals surface area contributed by atoms with Gasteiger partial charge >= 0.3 is 0 Å². The summed E-state index contributed by atoms with van der Waals surface area (Å²) in [5.74, 6) is 0. The van der Waals surface area contributed by atoms with Gasteiger partial charge in [0.15, 0.2) is 0 Å². The van der Waals surface area contributed by atoms with E-state index in [-0.39, 0.29) is 6.61 Å². The summed E-state index contributed by atoms with van der Waals surface area (Å²) in [5, 5.41) is 23.5. The predicted octanol–water partition coefficient (Wildman–Crippen LogP) is 4.16. The van der Waals surface area contributed by atoms with Gasteiger partial charge in [0.2, 0.25) is 0 Å². The lowest BCUT2D eigenvalue weighted by Crippen LogP contribution is -2.46. The number of aliphatic hydroxyl groups excluding tert-OH is 1. The minimum Gasteiger partial charge on any atom is -0.395 e. The molecule has 4 heterocycles. The number of β-amino-alcohol motifs (C(OH)–C–C–N with tert-alkyl or cyclic N) is 1. The number of nitrogens with zero attached hydrogens (tertiary/aromatic N) is 5. The number of rotatable bonds is 8. The Morgan fingerprint density at radius 3 is 2.73 bits per heavy atom. The Bertz CT molecular complexity index is 1440. The largest absolute Gasteiger partial charge is 0.395 e. The fourth-order valence-electron chi connectivity index (χ4n) is 4.78. The second-order valence-corrected chi connectivity index (χ2v) is 9.29. The van der Waals surface area contributed by atoms with Crippen LogP contribution in [0, 0.1) is 18.3 Å². The number of piperazine rings is 1. The Morgan fingerprint density at radius 2 is 1.92 bits per heavy atom. The number of aryl methyl sites for hydroxylation is 1. The van der Waals surface area contributed by atoms with Crippen LogP contribution < -0.4 is 5.32 Å². The zero-order chi connectivity index (χ0) is 25.6. The van der Waals surface area contributed by atoms with Crippen molar-refractivity contribution in [3.63, 3.8) is 0 Å². The van der Waals surface area contributed by atoms with Gasteiger partial charge < -0.3 is 15.4 Å². The molecule has 0 aliphatic carbocycles. The standard InChI is InChI=1S/C29H31N7O/c1-21-26-9-10-32-28(26)8-7-27(21)34-29-22(18-31-19-23(29)17-30)5-6-24-3-2-4-25(33-24)20-36-13-11-35(12-14-36)15-16-37/h2-10,18-19,32,37H,11-16,20H2,1H3,(H,31,34). The normalized spacial score (nSPS) is 14.8. The van der Waals surface area contributed by atoms with Crippen LogP contribution in [0.15, 0.2) is 55.0 Å². The molecule has 188 valence electrons. The van der Waals surface area contributed by atoms with Crippen molar-refractivity contribution in [3.8, 4) is 6.07 Å². The topological polar surface area (TPSA) is 104 Å². The molecule has 0 atom stereocenters. The summed E-state index contributed by atoms with van der Waals surface area (Å²) >= 11 is 0. The van der Waals surface area contributed by atoms with Crippen LogP contribution in [-0.2, 0) is 6.54 Å². The number of pyridine rings is 2. The van der Waals surface area contributed by atoms with Crippen molar-refractivity contribution >= 4 is 34.4 Å². The molecule has 1 aliphatic rings. The molecule has 0 unspecified atom stereocenters. The molecule has 4 aromatic rings. The van der Waals surface area contributed by atoms with Crippen LogP contribution in [-0.4, -0.2) is 69.2 Å². The number of aliphatic hydroxyl groups is 1. The molecule has 0 amide bonds. The van der Waals surface area contributed by atoms with E-state index in [2.05, 4.69) is 50.2 Å². The smallest absolute Gasteiger partial charge is 0.103 e. The number of fused-ring (bicyclic) bond motifs is 1. The highest BCUT2D eigenvalue weighted by Crippen LogP contribution is 2.31. The van der Waals surface area contributed by atoms with Gasteiger partial charge in [0.1, 0.15) is 6.07 Å². The van der Waals surface area contributed by atoms with Crippen LogP contribution in [0.5, 0.6) is 0 Å². The molecular formula is C29H31N7O. The maximum atomic E-state index is 9.76. The zero-order valence-electron chi connectivity index (χ0n) is 21.0. The molecule has 8 nitrogen and oxygen atoms in total. The van der Waals surface area contributed by atoms with Gasteiger partial charge in [-0.15, -0.1) is 0 Å². The van der Waals surface area contributed by atoms with E-state index in [1.54, 1.807) is 12.4 Å². The van der Waals surface area contributed by atoms with Gasteiger partial charge in [0.05, 0.1) is 29.2 Å². The minimum absolute atomic E-state index is 0.210. The summed E-state index contributed by atoms with van der Waals surface area (Å²) in [5.41, 5.74) is 7.05. The Morgan fingerprint density at radius 1 is 1.08 bits per heavy atom. The summed E-state index contributed by atoms with van der Waals surface area (Å²) in [6.45, 7) is 7.70. The van der Waals surface area contributed by atoms with Gasteiger partial charge in [-0.3, -0.25) is 19.8 Å². The lowest BCUT2D eigenvalue weighted by molar-refractivity contribution is 0.107. The Balaban J connectivity index is 1.34. The number of aromatic nitrogens is 3. The number of nitrogens with one attached hydrogen (secondary N) is 2. The van der Waals surface area contributed by atoms with Crippen LogP contribution in [0.25, 0.3) is 23.1 Å². The van der Waals surface area contributed by atoms with Crippen molar-refractivity contribution in [1.82, 2.24) is 24.8 Å². The molecule has 5 rings (SSSR count). The first-order chi connectivity index (χ1) is 18.1. The molecule has 0 spiro atoms. The van der Waals surface area contributed by atoms with E-state index in [9.17, 15) is 5.26 Å². The third-order valence-corrected chi connectivity index (χ3v) is 6.89. The van der Waals surface area contributed by atoms with Gasteiger partial charge in [-0.05, 0) is 55.0 Å². The molecule has 0 radical (unpaired) electrons. The van der Waals surface area contributed by atoms with E-state index in [0.29, 0.717) is 5.56 Å². The monoisotopic (exact) mass is 493 g/mol. The molecule has 1 aliphatic heterocycles. The fraction of sp³-hybridized carbons (Fsp3) is 0.276. The molecule has 0 bridgehead atoms. The van der Waals surface area contributed by atoms with Crippen molar-refractivity contribution in [2.75, 3.05) is 44.6 Å². The highest BCUT2D eigenvalue weighted by atomic mass is 16.3. The second-order valence-electron chi connectivity index (χ2n) is 9.29. The van der Waals surface area contributed by atoms with Gasteiger partial charge in [0.25, 0.3) is 0 Å². The lowest BCUT2D eigenvalue weighted by Gasteiger charge is -2.34. The third kappa shape index (κ3) is 5.70. The average molecular weight is 494 g/mol. The average Bonchev–Trinajstić information content (AvgIpc) is 3.41. The highest BCUT2D eigenvalue weighted by molar-refractivity contribution is 5.90. The number of benzene rings is 1. The Labute approximate surface area is 216 Å². The van der Waals surface area contributed by atoms with Crippen molar-refractivity contribution in [2.45, 2.75) is 13.5 Å². The molecule has 1 fully saturated rings. The second kappa shape index (κ2) is 11.4. The van der Waals surface area contributed by atoms with Crippen molar-refractivity contribution in [2.24, 2.45) is 0 Å².